The smallest absolute Gasteiger partial charge is 0.478 e. The summed E-state index contributed by atoms with van der Waals surface area (Å²) in [5.74, 6) is -0.676. The van der Waals surface area contributed by atoms with Gasteiger partial charge in [0.1, 0.15) is 16.5 Å². The van der Waals surface area contributed by atoms with Gasteiger partial charge in [-0.25, -0.2) is 9.78 Å². The van der Waals surface area contributed by atoms with Crippen LogP contribution < -0.4 is 9.47 Å². The van der Waals surface area contributed by atoms with Crippen LogP contribution in [0.25, 0.3) is 11.4 Å². The number of benzene rings is 2. The molecule has 176 valence electrons. The van der Waals surface area contributed by atoms with Crippen LogP contribution in [0.1, 0.15) is 30.0 Å². The number of ether oxygens (including phenoxy) is 2. The Balaban J connectivity index is 1.65. The van der Waals surface area contributed by atoms with E-state index in [-0.39, 0.29) is 5.02 Å². The number of hydrogen-bond donors (Lipinski definition) is 1. The van der Waals surface area contributed by atoms with Crippen molar-refractivity contribution in [2.75, 3.05) is 0 Å². The van der Waals surface area contributed by atoms with Crippen LogP contribution in [-0.2, 0) is 17.6 Å². The molecule has 0 aliphatic heterocycles. The van der Waals surface area contributed by atoms with Gasteiger partial charge in [0.05, 0.1) is 5.02 Å². The number of carboxylic acid groups (broad SMARTS) is 1. The molecular formula is C22H20ClF3N2O4S. The molecule has 0 atom stereocenters. The summed E-state index contributed by atoms with van der Waals surface area (Å²) < 4.78 is 50.9. The van der Waals surface area contributed by atoms with E-state index in [0.717, 1.165) is 22.2 Å². The molecule has 0 amide bonds. The van der Waals surface area contributed by atoms with Gasteiger partial charge in [0.15, 0.2) is 11.4 Å². The van der Waals surface area contributed by atoms with Crippen LogP contribution >= 0.6 is 23.1 Å². The van der Waals surface area contributed by atoms with E-state index in [1.54, 1.807) is 6.07 Å². The molecule has 6 nitrogen and oxygen atoms in total. The molecule has 11 heteroatoms. The number of rotatable bonds is 8. The fourth-order valence-corrected chi connectivity index (χ4v) is 3.75. The highest BCUT2D eigenvalue weighted by atomic mass is 35.5. The predicted octanol–water partition coefficient (Wildman–Crippen LogP) is 6.09. The molecule has 33 heavy (non-hydrogen) atoms. The molecule has 1 aromatic heterocycles. The Morgan fingerprint density at radius 1 is 1.09 bits per heavy atom. The quantitative estimate of drug-likeness (QED) is 0.403. The summed E-state index contributed by atoms with van der Waals surface area (Å²) >= 11 is 7.10. The van der Waals surface area contributed by atoms with Crippen LogP contribution in [0.5, 0.6) is 11.5 Å². The van der Waals surface area contributed by atoms with Crippen molar-refractivity contribution in [3.8, 4) is 22.9 Å². The fourth-order valence-electron chi connectivity index (χ4n) is 2.87. The Morgan fingerprint density at radius 3 is 2.39 bits per heavy atom. The van der Waals surface area contributed by atoms with Crippen LogP contribution in [0.4, 0.5) is 13.2 Å². The summed E-state index contributed by atoms with van der Waals surface area (Å²) in [5, 5.41) is 9.78. The Bertz CT molecular complexity index is 1160. The zero-order valence-electron chi connectivity index (χ0n) is 17.9. The van der Waals surface area contributed by atoms with Gasteiger partial charge in [-0.2, -0.15) is 4.37 Å². The average Bonchev–Trinajstić information content (AvgIpc) is 3.18. The van der Waals surface area contributed by atoms with E-state index < -0.39 is 23.7 Å². The fraction of sp³-hybridized carbons (Fsp3) is 0.318. The van der Waals surface area contributed by atoms with Crippen molar-refractivity contribution < 1.29 is 32.5 Å². The molecular weight excluding hydrogens is 481 g/mol. The first-order valence-electron chi connectivity index (χ1n) is 9.74. The van der Waals surface area contributed by atoms with E-state index in [4.69, 9.17) is 16.3 Å². The minimum Gasteiger partial charge on any atom is -0.478 e. The van der Waals surface area contributed by atoms with Crippen LogP contribution in [0.15, 0.2) is 36.4 Å². The zero-order valence-corrected chi connectivity index (χ0v) is 19.4. The van der Waals surface area contributed by atoms with Gasteiger partial charge in [-0.1, -0.05) is 23.7 Å². The van der Waals surface area contributed by atoms with Gasteiger partial charge in [0, 0.05) is 12.0 Å². The maximum atomic E-state index is 12.4. The highest BCUT2D eigenvalue weighted by molar-refractivity contribution is 7.05. The lowest BCUT2D eigenvalue weighted by Gasteiger charge is -2.23. The number of hydrogen-bond acceptors (Lipinski definition) is 6. The number of nitrogens with zero attached hydrogens (tertiary/aromatic N) is 2. The SMILES string of the molecule is Cc1cc(CCc2nc(-c3ccc(OC(F)(F)F)c(Cl)c3)ns2)ccc1OC(C)(C)C(=O)O. The summed E-state index contributed by atoms with van der Waals surface area (Å²) in [7, 11) is 0. The van der Waals surface area contributed by atoms with Crippen molar-refractivity contribution in [2.24, 2.45) is 0 Å². The van der Waals surface area contributed by atoms with Crippen LogP contribution in [0, 0.1) is 6.92 Å². The molecule has 2 aromatic carbocycles. The second kappa shape index (κ2) is 9.56. The van der Waals surface area contributed by atoms with Crippen LogP contribution in [0.2, 0.25) is 5.02 Å². The summed E-state index contributed by atoms with van der Waals surface area (Å²) in [6.45, 7) is 4.81. The first kappa shape index (κ1) is 24.8. The number of aromatic nitrogens is 2. The Labute approximate surface area is 197 Å². The Morgan fingerprint density at radius 2 is 1.79 bits per heavy atom. The van der Waals surface area contributed by atoms with Crippen molar-refractivity contribution in [1.82, 2.24) is 9.36 Å². The number of aliphatic carboxylic acids is 1. The molecule has 1 N–H and O–H groups in total. The van der Waals surface area contributed by atoms with Crippen LogP contribution in [-0.4, -0.2) is 32.4 Å². The van der Waals surface area contributed by atoms with E-state index in [9.17, 15) is 23.1 Å². The minimum atomic E-state index is -4.83. The molecule has 3 aromatic rings. The van der Waals surface area contributed by atoms with Crippen molar-refractivity contribution in [2.45, 2.75) is 45.6 Å². The highest BCUT2D eigenvalue weighted by Gasteiger charge is 2.32. The third-order valence-electron chi connectivity index (χ3n) is 4.63. The highest BCUT2D eigenvalue weighted by Crippen LogP contribution is 2.33. The van der Waals surface area contributed by atoms with Crippen molar-refractivity contribution >= 4 is 29.1 Å². The van der Waals surface area contributed by atoms with E-state index >= 15 is 0 Å². The molecule has 1 heterocycles. The predicted molar refractivity (Wildman–Crippen MR) is 118 cm³/mol. The van der Waals surface area contributed by atoms with E-state index in [1.165, 1.54) is 37.5 Å². The van der Waals surface area contributed by atoms with Gasteiger partial charge in [-0.05, 0) is 74.1 Å². The Hall–Kier alpha value is -2.85. The molecule has 0 spiro atoms. The molecule has 0 saturated heterocycles. The lowest BCUT2D eigenvalue weighted by Crippen LogP contribution is -2.38. The number of alkyl halides is 3. The third-order valence-corrected chi connectivity index (χ3v) is 5.70. The number of carbonyl (C=O) groups is 1. The summed E-state index contributed by atoms with van der Waals surface area (Å²) in [6, 6.07) is 9.40. The third kappa shape index (κ3) is 6.58. The molecule has 0 fully saturated rings. The second-order valence-corrected chi connectivity index (χ2v) is 8.97. The molecule has 0 saturated carbocycles. The van der Waals surface area contributed by atoms with Crippen LogP contribution in [0.3, 0.4) is 0 Å². The van der Waals surface area contributed by atoms with Gasteiger partial charge in [0.2, 0.25) is 0 Å². The maximum Gasteiger partial charge on any atom is 0.573 e. The molecule has 0 bridgehead atoms. The maximum absolute atomic E-state index is 12.4. The monoisotopic (exact) mass is 500 g/mol. The van der Waals surface area contributed by atoms with Crippen molar-refractivity contribution in [1.29, 1.82) is 0 Å². The topological polar surface area (TPSA) is 81.5 Å². The zero-order chi connectivity index (χ0) is 24.4. The minimum absolute atomic E-state index is 0.190. The van der Waals surface area contributed by atoms with Gasteiger partial charge < -0.3 is 14.6 Å². The van der Waals surface area contributed by atoms with E-state index in [2.05, 4.69) is 14.1 Å². The number of halogens is 4. The number of carboxylic acids is 1. The van der Waals surface area contributed by atoms with Crippen molar-refractivity contribution in [3.63, 3.8) is 0 Å². The summed E-state index contributed by atoms with van der Waals surface area (Å²) in [5.41, 5.74) is 0.974. The molecule has 0 unspecified atom stereocenters. The van der Waals surface area contributed by atoms with Crippen molar-refractivity contribution in [3.05, 3.63) is 57.6 Å². The second-order valence-electron chi connectivity index (χ2n) is 7.72. The molecule has 3 rings (SSSR count). The summed E-state index contributed by atoms with van der Waals surface area (Å²) in [6.07, 6.45) is -3.57. The molecule has 0 aliphatic rings. The Kier molecular flexibility index (Phi) is 7.18. The largest absolute Gasteiger partial charge is 0.573 e. The summed E-state index contributed by atoms with van der Waals surface area (Å²) in [4.78, 5) is 15.7. The standard InChI is InChI=1S/C22H20ClF3N2O4S/c1-12-10-13(4-7-16(12)31-21(2,3)20(29)30)5-9-18-27-19(28-33-18)14-6-8-17(15(23)11-14)32-22(24,25)26/h4,6-8,10-11H,5,9H2,1-3H3,(H,29,30). The van der Waals surface area contributed by atoms with Gasteiger partial charge >= 0.3 is 12.3 Å². The number of aryl methyl sites for hydroxylation is 3. The average molecular weight is 501 g/mol. The lowest BCUT2D eigenvalue weighted by atomic mass is 10.1. The normalized spacial score (nSPS) is 12.0. The van der Waals surface area contributed by atoms with E-state index in [1.807, 2.05) is 19.1 Å². The van der Waals surface area contributed by atoms with Gasteiger partial charge in [-0.3, -0.25) is 0 Å². The first-order chi connectivity index (χ1) is 15.3. The molecule has 0 radical (unpaired) electrons. The van der Waals surface area contributed by atoms with Gasteiger partial charge in [0.25, 0.3) is 0 Å². The molecule has 0 aliphatic carbocycles. The lowest BCUT2D eigenvalue weighted by molar-refractivity contribution is -0.274. The first-order valence-corrected chi connectivity index (χ1v) is 10.9. The van der Waals surface area contributed by atoms with Gasteiger partial charge in [-0.15, -0.1) is 13.2 Å². The van der Waals surface area contributed by atoms with E-state index in [0.29, 0.717) is 30.0 Å².